The molecular weight excluding hydrogens is 311 g/mol. The molecule has 0 radical (unpaired) electrons. The largest absolute Gasteiger partial charge is 0.378 e. The number of rotatable bonds is 4. The van der Waals surface area contributed by atoms with Crippen molar-refractivity contribution in [3.63, 3.8) is 0 Å². The molecule has 2 heterocycles. The minimum Gasteiger partial charge on any atom is -0.378 e. The number of hydrogen-bond acceptors (Lipinski definition) is 5. The normalized spacial score (nSPS) is 19.4. The topological polar surface area (TPSA) is 51.4 Å². The SMILES string of the molecule is Cc1cc(F)cc(-c2noc(C3COCCN3CC(F)F)n2)c1. The number of morpholine rings is 1. The van der Waals surface area contributed by atoms with Gasteiger partial charge in [-0.3, -0.25) is 4.90 Å². The minimum atomic E-state index is -2.45. The fourth-order valence-electron chi connectivity index (χ4n) is 2.61. The Morgan fingerprint density at radius 1 is 1.35 bits per heavy atom. The van der Waals surface area contributed by atoms with E-state index in [1.54, 1.807) is 17.9 Å². The van der Waals surface area contributed by atoms with Crippen LogP contribution in [0.4, 0.5) is 13.2 Å². The maximum Gasteiger partial charge on any atom is 0.251 e. The molecule has 1 atom stereocenters. The van der Waals surface area contributed by atoms with Crippen molar-refractivity contribution in [1.29, 1.82) is 0 Å². The zero-order chi connectivity index (χ0) is 16.4. The van der Waals surface area contributed by atoms with Crippen molar-refractivity contribution in [2.45, 2.75) is 19.4 Å². The Bertz CT molecular complexity index is 657. The van der Waals surface area contributed by atoms with E-state index < -0.39 is 18.3 Å². The smallest absolute Gasteiger partial charge is 0.251 e. The third kappa shape index (κ3) is 3.70. The van der Waals surface area contributed by atoms with Crippen LogP contribution in [0.15, 0.2) is 22.7 Å². The van der Waals surface area contributed by atoms with Gasteiger partial charge in [-0.05, 0) is 30.7 Å². The first-order valence-corrected chi connectivity index (χ1v) is 7.24. The molecule has 0 bridgehead atoms. The van der Waals surface area contributed by atoms with E-state index in [1.165, 1.54) is 12.1 Å². The Kier molecular flexibility index (Phi) is 4.63. The van der Waals surface area contributed by atoms with Crippen LogP contribution in [0.3, 0.4) is 0 Å². The molecule has 2 aromatic rings. The average molecular weight is 327 g/mol. The summed E-state index contributed by atoms with van der Waals surface area (Å²) in [5.41, 5.74) is 1.21. The fraction of sp³-hybridized carbons (Fsp3) is 0.467. The van der Waals surface area contributed by atoms with E-state index >= 15 is 0 Å². The van der Waals surface area contributed by atoms with Crippen LogP contribution in [0.25, 0.3) is 11.4 Å². The van der Waals surface area contributed by atoms with E-state index in [2.05, 4.69) is 10.1 Å². The van der Waals surface area contributed by atoms with Crippen molar-refractivity contribution >= 4 is 0 Å². The summed E-state index contributed by atoms with van der Waals surface area (Å²) in [5, 5.41) is 3.83. The highest BCUT2D eigenvalue weighted by Crippen LogP contribution is 2.26. The van der Waals surface area contributed by atoms with Crippen LogP contribution >= 0.6 is 0 Å². The molecular formula is C15H16F3N3O2. The van der Waals surface area contributed by atoms with E-state index in [0.29, 0.717) is 18.7 Å². The molecule has 0 N–H and O–H groups in total. The summed E-state index contributed by atoms with van der Waals surface area (Å²) >= 11 is 0. The van der Waals surface area contributed by atoms with Gasteiger partial charge in [0.25, 0.3) is 6.43 Å². The maximum atomic E-state index is 13.5. The number of benzene rings is 1. The van der Waals surface area contributed by atoms with Crippen LogP contribution in [0.5, 0.6) is 0 Å². The molecule has 1 aromatic carbocycles. The molecule has 1 fully saturated rings. The maximum absolute atomic E-state index is 13.5. The van der Waals surface area contributed by atoms with Gasteiger partial charge in [0.15, 0.2) is 0 Å². The van der Waals surface area contributed by atoms with Crippen molar-refractivity contribution in [2.75, 3.05) is 26.3 Å². The van der Waals surface area contributed by atoms with Gasteiger partial charge in [0, 0.05) is 12.1 Å². The zero-order valence-corrected chi connectivity index (χ0v) is 12.5. The number of hydrogen-bond donors (Lipinski definition) is 0. The second kappa shape index (κ2) is 6.67. The van der Waals surface area contributed by atoms with Crippen molar-refractivity contribution in [3.8, 4) is 11.4 Å². The third-order valence-electron chi connectivity index (χ3n) is 3.64. The van der Waals surface area contributed by atoms with E-state index in [0.717, 1.165) is 5.56 Å². The first-order chi connectivity index (χ1) is 11.0. The summed E-state index contributed by atoms with van der Waals surface area (Å²) in [6, 6.07) is 3.90. The number of halogens is 3. The van der Waals surface area contributed by atoms with Gasteiger partial charge >= 0.3 is 0 Å². The van der Waals surface area contributed by atoms with Gasteiger partial charge < -0.3 is 9.26 Å². The van der Waals surface area contributed by atoms with Gasteiger partial charge in [0.05, 0.1) is 19.8 Å². The molecule has 5 nitrogen and oxygen atoms in total. The molecule has 0 saturated carbocycles. The molecule has 0 amide bonds. The molecule has 0 aliphatic carbocycles. The molecule has 124 valence electrons. The average Bonchev–Trinajstić information content (AvgIpc) is 2.96. The lowest BCUT2D eigenvalue weighted by Crippen LogP contribution is -2.42. The standard InChI is InChI=1S/C15H16F3N3O2/c1-9-4-10(6-11(16)5-9)14-19-15(23-20-14)12-8-22-3-2-21(12)7-13(17)18/h4-6,12-13H,2-3,7-8H2,1H3. The summed E-state index contributed by atoms with van der Waals surface area (Å²) in [4.78, 5) is 5.79. The van der Waals surface area contributed by atoms with Crippen molar-refractivity contribution in [2.24, 2.45) is 0 Å². The summed E-state index contributed by atoms with van der Waals surface area (Å²) in [7, 11) is 0. The van der Waals surface area contributed by atoms with Gasteiger partial charge in [-0.15, -0.1) is 0 Å². The summed E-state index contributed by atoms with van der Waals surface area (Å²) in [6.45, 7) is 2.33. The van der Waals surface area contributed by atoms with Gasteiger partial charge in [0.2, 0.25) is 11.7 Å². The highest BCUT2D eigenvalue weighted by Gasteiger charge is 2.31. The van der Waals surface area contributed by atoms with Gasteiger partial charge in [-0.25, -0.2) is 13.2 Å². The van der Waals surface area contributed by atoms with Gasteiger partial charge in [0.1, 0.15) is 11.9 Å². The zero-order valence-electron chi connectivity index (χ0n) is 12.5. The van der Waals surface area contributed by atoms with Crippen LogP contribution < -0.4 is 0 Å². The first kappa shape index (κ1) is 15.9. The highest BCUT2D eigenvalue weighted by atomic mass is 19.3. The Balaban J connectivity index is 1.85. The van der Waals surface area contributed by atoms with Crippen molar-refractivity contribution in [3.05, 3.63) is 35.5 Å². The second-order valence-corrected chi connectivity index (χ2v) is 5.45. The van der Waals surface area contributed by atoms with E-state index in [-0.39, 0.29) is 24.9 Å². The molecule has 8 heteroatoms. The molecule has 0 spiro atoms. The van der Waals surface area contributed by atoms with E-state index in [4.69, 9.17) is 9.26 Å². The monoisotopic (exact) mass is 327 g/mol. The predicted molar refractivity (Wildman–Crippen MR) is 75.6 cm³/mol. The first-order valence-electron chi connectivity index (χ1n) is 7.24. The lowest BCUT2D eigenvalue weighted by molar-refractivity contribution is -0.0430. The quantitative estimate of drug-likeness (QED) is 0.864. The van der Waals surface area contributed by atoms with Crippen LogP contribution in [0.2, 0.25) is 0 Å². The summed E-state index contributed by atoms with van der Waals surface area (Å²) < 4.78 is 49.4. The molecule has 1 unspecified atom stereocenters. The number of ether oxygens (including phenoxy) is 1. The third-order valence-corrected chi connectivity index (χ3v) is 3.64. The number of nitrogens with zero attached hydrogens (tertiary/aromatic N) is 3. The van der Waals surface area contributed by atoms with Crippen LogP contribution in [-0.2, 0) is 4.74 Å². The lowest BCUT2D eigenvalue weighted by atomic mass is 10.1. The van der Waals surface area contributed by atoms with Gasteiger partial charge in [-0.2, -0.15) is 4.98 Å². The van der Waals surface area contributed by atoms with Crippen molar-refractivity contribution in [1.82, 2.24) is 15.0 Å². The fourth-order valence-corrected chi connectivity index (χ4v) is 2.61. The Hall–Kier alpha value is -1.93. The van der Waals surface area contributed by atoms with Crippen LogP contribution in [0.1, 0.15) is 17.5 Å². The molecule has 1 aliphatic rings. The van der Waals surface area contributed by atoms with Crippen LogP contribution in [0, 0.1) is 12.7 Å². The number of aryl methyl sites for hydroxylation is 1. The number of alkyl halides is 2. The second-order valence-electron chi connectivity index (χ2n) is 5.45. The van der Waals surface area contributed by atoms with Crippen molar-refractivity contribution < 1.29 is 22.4 Å². The molecule has 3 rings (SSSR count). The summed E-state index contributed by atoms with van der Waals surface area (Å²) in [5.74, 6) is 0.0270. The van der Waals surface area contributed by atoms with E-state index in [9.17, 15) is 13.2 Å². The van der Waals surface area contributed by atoms with Crippen LogP contribution in [-0.4, -0.2) is 47.8 Å². The Morgan fingerprint density at radius 3 is 2.91 bits per heavy atom. The molecule has 1 aliphatic heterocycles. The molecule has 23 heavy (non-hydrogen) atoms. The lowest BCUT2D eigenvalue weighted by Gasteiger charge is -2.32. The predicted octanol–water partition coefficient (Wildman–Crippen LogP) is 2.82. The minimum absolute atomic E-state index is 0.197. The van der Waals surface area contributed by atoms with Gasteiger partial charge in [-0.1, -0.05) is 5.16 Å². The molecule has 1 aromatic heterocycles. The summed E-state index contributed by atoms with van der Waals surface area (Å²) in [6.07, 6.45) is -2.45. The Labute approximate surface area is 131 Å². The number of aromatic nitrogens is 2. The highest BCUT2D eigenvalue weighted by molar-refractivity contribution is 5.55. The molecule has 1 saturated heterocycles. The Morgan fingerprint density at radius 2 is 2.17 bits per heavy atom. The van der Waals surface area contributed by atoms with E-state index in [1.807, 2.05) is 0 Å².